The molecule has 0 unspecified atom stereocenters. The van der Waals surface area contributed by atoms with Crippen LogP contribution < -0.4 is 14.8 Å². The summed E-state index contributed by atoms with van der Waals surface area (Å²) in [4.78, 5) is 12.0. The van der Waals surface area contributed by atoms with Crippen LogP contribution in [0.5, 0.6) is 11.5 Å². The molecule has 1 aliphatic heterocycles. The van der Waals surface area contributed by atoms with Gasteiger partial charge in [-0.3, -0.25) is 9.48 Å². The molecule has 1 aromatic carbocycles. The number of fused-ring (bicyclic) bond motifs is 1. The summed E-state index contributed by atoms with van der Waals surface area (Å²) in [7, 11) is 1.86. The Kier molecular flexibility index (Phi) is 4.27. The molecule has 116 valence electrons. The Morgan fingerprint density at radius 3 is 2.91 bits per heavy atom. The fourth-order valence-corrected chi connectivity index (χ4v) is 2.32. The van der Waals surface area contributed by atoms with Crippen molar-refractivity contribution in [3.8, 4) is 11.5 Å². The van der Waals surface area contributed by atoms with Crippen molar-refractivity contribution in [1.29, 1.82) is 0 Å². The quantitative estimate of drug-likeness (QED) is 0.940. The van der Waals surface area contributed by atoms with Crippen LogP contribution in [0.4, 0.5) is 5.69 Å². The standard InChI is InChI=1S/C16H19N3O3/c1-19-11-12(10-17-19)3-6-16(20)18-13-4-5-14-15(9-13)22-8-2-7-21-14/h4-5,9-11H,2-3,6-8H2,1H3,(H,18,20). The molecule has 0 bridgehead atoms. The van der Waals surface area contributed by atoms with E-state index in [1.165, 1.54) is 0 Å². The molecule has 1 aromatic heterocycles. The Bertz CT molecular complexity index is 666. The molecule has 1 N–H and O–H groups in total. The highest BCUT2D eigenvalue weighted by Crippen LogP contribution is 2.32. The van der Waals surface area contributed by atoms with Crippen molar-refractivity contribution < 1.29 is 14.3 Å². The van der Waals surface area contributed by atoms with Crippen molar-refractivity contribution in [2.75, 3.05) is 18.5 Å². The Hall–Kier alpha value is -2.50. The maximum absolute atomic E-state index is 12.0. The number of rotatable bonds is 4. The van der Waals surface area contributed by atoms with Gasteiger partial charge in [0, 0.05) is 37.8 Å². The predicted molar refractivity (Wildman–Crippen MR) is 82.2 cm³/mol. The molecule has 0 saturated heterocycles. The van der Waals surface area contributed by atoms with Crippen molar-refractivity contribution in [1.82, 2.24) is 9.78 Å². The number of hydrogen-bond donors (Lipinski definition) is 1. The van der Waals surface area contributed by atoms with Crippen LogP contribution in [-0.4, -0.2) is 28.9 Å². The molecule has 0 saturated carbocycles. The van der Waals surface area contributed by atoms with Gasteiger partial charge in [0.05, 0.1) is 19.4 Å². The average Bonchev–Trinajstić information content (AvgIpc) is 2.78. The minimum atomic E-state index is -0.0293. The summed E-state index contributed by atoms with van der Waals surface area (Å²) in [5.41, 5.74) is 1.77. The van der Waals surface area contributed by atoms with Gasteiger partial charge in [-0.15, -0.1) is 0 Å². The third-order valence-corrected chi connectivity index (χ3v) is 3.43. The van der Waals surface area contributed by atoms with E-state index in [2.05, 4.69) is 10.4 Å². The Morgan fingerprint density at radius 1 is 1.32 bits per heavy atom. The van der Waals surface area contributed by atoms with Crippen LogP contribution in [0.15, 0.2) is 30.6 Å². The first-order valence-electron chi connectivity index (χ1n) is 7.38. The van der Waals surface area contributed by atoms with Crippen LogP contribution in [-0.2, 0) is 18.3 Å². The molecule has 3 rings (SSSR count). The third kappa shape index (κ3) is 3.58. The van der Waals surface area contributed by atoms with Gasteiger partial charge in [-0.25, -0.2) is 0 Å². The lowest BCUT2D eigenvalue weighted by Crippen LogP contribution is -2.12. The normalized spacial score (nSPS) is 13.5. The van der Waals surface area contributed by atoms with Gasteiger partial charge in [0.2, 0.25) is 5.91 Å². The van der Waals surface area contributed by atoms with Gasteiger partial charge in [-0.05, 0) is 24.1 Å². The van der Waals surface area contributed by atoms with Crippen LogP contribution >= 0.6 is 0 Å². The molecule has 2 heterocycles. The number of aromatic nitrogens is 2. The number of amides is 1. The van der Waals surface area contributed by atoms with Crippen molar-refractivity contribution in [2.45, 2.75) is 19.3 Å². The Labute approximate surface area is 129 Å². The SMILES string of the molecule is Cn1cc(CCC(=O)Nc2ccc3c(c2)OCCCO3)cn1. The lowest BCUT2D eigenvalue weighted by Gasteiger charge is -2.10. The molecule has 0 fully saturated rings. The molecule has 6 nitrogen and oxygen atoms in total. The van der Waals surface area contributed by atoms with Gasteiger partial charge < -0.3 is 14.8 Å². The minimum Gasteiger partial charge on any atom is -0.490 e. The number of anilines is 1. The largest absolute Gasteiger partial charge is 0.490 e. The Balaban J connectivity index is 1.58. The van der Waals surface area contributed by atoms with Gasteiger partial charge >= 0.3 is 0 Å². The highest BCUT2D eigenvalue weighted by molar-refractivity contribution is 5.91. The lowest BCUT2D eigenvalue weighted by atomic mass is 10.2. The number of ether oxygens (including phenoxy) is 2. The fourth-order valence-electron chi connectivity index (χ4n) is 2.32. The van der Waals surface area contributed by atoms with Crippen LogP contribution in [0.3, 0.4) is 0 Å². The first-order valence-corrected chi connectivity index (χ1v) is 7.38. The summed E-state index contributed by atoms with van der Waals surface area (Å²) < 4.78 is 12.9. The molecule has 6 heteroatoms. The number of aryl methyl sites for hydroxylation is 2. The van der Waals surface area contributed by atoms with Gasteiger partial charge in [-0.2, -0.15) is 5.10 Å². The van der Waals surface area contributed by atoms with E-state index >= 15 is 0 Å². The van der Waals surface area contributed by atoms with Gasteiger partial charge in [0.25, 0.3) is 0 Å². The van der Waals surface area contributed by atoms with Gasteiger partial charge in [-0.1, -0.05) is 0 Å². The van der Waals surface area contributed by atoms with Gasteiger partial charge in [0.1, 0.15) is 0 Å². The van der Waals surface area contributed by atoms with Crippen LogP contribution in [0.25, 0.3) is 0 Å². The summed E-state index contributed by atoms with van der Waals surface area (Å²) in [6, 6.07) is 5.47. The molecule has 0 aliphatic carbocycles. The van der Waals surface area contributed by atoms with E-state index in [1.54, 1.807) is 10.9 Å². The van der Waals surface area contributed by atoms with Crippen molar-refractivity contribution in [3.63, 3.8) is 0 Å². The number of benzene rings is 1. The molecule has 2 aromatic rings. The second-order valence-corrected chi connectivity index (χ2v) is 5.28. The van der Waals surface area contributed by atoms with E-state index in [-0.39, 0.29) is 5.91 Å². The molecular formula is C16H19N3O3. The van der Waals surface area contributed by atoms with Crippen molar-refractivity contribution >= 4 is 11.6 Å². The van der Waals surface area contributed by atoms with Crippen molar-refractivity contribution in [2.24, 2.45) is 7.05 Å². The van der Waals surface area contributed by atoms with Gasteiger partial charge in [0.15, 0.2) is 11.5 Å². The van der Waals surface area contributed by atoms with E-state index in [0.717, 1.165) is 23.4 Å². The lowest BCUT2D eigenvalue weighted by molar-refractivity contribution is -0.116. The number of hydrogen-bond acceptors (Lipinski definition) is 4. The van der Waals surface area contributed by atoms with Crippen LogP contribution in [0, 0.1) is 0 Å². The molecule has 1 aliphatic rings. The smallest absolute Gasteiger partial charge is 0.224 e. The summed E-state index contributed by atoms with van der Waals surface area (Å²) in [6.45, 7) is 1.29. The zero-order valence-electron chi connectivity index (χ0n) is 12.5. The predicted octanol–water partition coefficient (Wildman–Crippen LogP) is 2.15. The summed E-state index contributed by atoms with van der Waals surface area (Å²) in [6.07, 6.45) is 5.65. The molecule has 0 radical (unpaired) electrons. The number of nitrogens with zero attached hydrogens (tertiary/aromatic N) is 2. The fraction of sp³-hybridized carbons (Fsp3) is 0.375. The van der Waals surface area contributed by atoms with E-state index in [0.29, 0.717) is 31.8 Å². The maximum atomic E-state index is 12.0. The van der Waals surface area contributed by atoms with E-state index < -0.39 is 0 Å². The molecule has 22 heavy (non-hydrogen) atoms. The molecular weight excluding hydrogens is 282 g/mol. The highest BCUT2D eigenvalue weighted by Gasteiger charge is 2.12. The maximum Gasteiger partial charge on any atom is 0.224 e. The topological polar surface area (TPSA) is 65.4 Å². The second kappa shape index (κ2) is 6.51. The third-order valence-electron chi connectivity index (χ3n) is 3.43. The second-order valence-electron chi connectivity index (χ2n) is 5.28. The average molecular weight is 301 g/mol. The molecule has 1 amide bonds. The Morgan fingerprint density at radius 2 is 2.14 bits per heavy atom. The van der Waals surface area contributed by atoms with E-state index in [1.807, 2.05) is 31.4 Å². The summed E-state index contributed by atoms with van der Waals surface area (Å²) in [5.74, 6) is 1.38. The first kappa shape index (κ1) is 14.4. The first-order chi connectivity index (χ1) is 10.7. The number of carbonyl (C=O) groups is 1. The number of carbonyl (C=O) groups excluding carboxylic acids is 1. The molecule has 0 spiro atoms. The molecule has 0 atom stereocenters. The summed E-state index contributed by atoms with van der Waals surface area (Å²) >= 11 is 0. The van der Waals surface area contributed by atoms with E-state index in [4.69, 9.17) is 9.47 Å². The van der Waals surface area contributed by atoms with E-state index in [9.17, 15) is 4.79 Å². The van der Waals surface area contributed by atoms with Crippen LogP contribution in [0.1, 0.15) is 18.4 Å². The van der Waals surface area contributed by atoms with Crippen LogP contribution in [0.2, 0.25) is 0 Å². The zero-order chi connectivity index (χ0) is 15.4. The summed E-state index contributed by atoms with van der Waals surface area (Å²) in [5, 5.41) is 6.98. The highest BCUT2D eigenvalue weighted by atomic mass is 16.5. The minimum absolute atomic E-state index is 0.0293. The zero-order valence-corrected chi connectivity index (χ0v) is 12.5. The number of nitrogens with one attached hydrogen (secondary N) is 1. The van der Waals surface area contributed by atoms with Crippen molar-refractivity contribution in [3.05, 3.63) is 36.2 Å². The monoisotopic (exact) mass is 301 g/mol.